The molecule has 7 heteroatoms. The Labute approximate surface area is 163 Å². The van der Waals surface area contributed by atoms with E-state index in [1.54, 1.807) is 36.4 Å². The van der Waals surface area contributed by atoms with Gasteiger partial charge in [0, 0.05) is 37.0 Å². The van der Waals surface area contributed by atoms with Gasteiger partial charge in [-0.2, -0.15) is 0 Å². The quantitative estimate of drug-likeness (QED) is 0.832. The van der Waals surface area contributed by atoms with Crippen molar-refractivity contribution >= 4 is 29.1 Å². The van der Waals surface area contributed by atoms with Gasteiger partial charge in [0.2, 0.25) is 11.8 Å². The van der Waals surface area contributed by atoms with E-state index in [1.807, 2.05) is 17.0 Å². The number of hydrogen-bond acceptors (Lipinski definition) is 4. The van der Waals surface area contributed by atoms with Gasteiger partial charge in [0.25, 0.3) is 5.91 Å². The normalized spacial score (nSPS) is 13.7. The van der Waals surface area contributed by atoms with E-state index < -0.39 is 0 Å². The third-order valence-corrected chi connectivity index (χ3v) is 4.40. The minimum absolute atomic E-state index is 0.0827. The minimum atomic E-state index is -0.244. The van der Waals surface area contributed by atoms with Crippen LogP contribution in [-0.2, 0) is 20.7 Å². The predicted octanol–water partition coefficient (Wildman–Crippen LogP) is 2.30. The first kappa shape index (κ1) is 19.6. The molecule has 0 saturated carbocycles. The zero-order valence-corrected chi connectivity index (χ0v) is 15.7. The molecule has 3 amide bonds. The molecule has 1 heterocycles. The highest BCUT2D eigenvalue weighted by atomic mass is 16.5. The summed E-state index contributed by atoms with van der Waals surface area (Å²) in [5.41, 5.74) is 2.67. The monoisotopic (exact) mass is 381 g/mol. The van der Waals surface area contributed by atoms with Crippen molar-refractivity contribution < 1.29 is 19.1 Å². The van der Waals surface area contributed by atoms with E-state index in [-0.39, 0.29) is 17.7 Å². The number of benzene rings is 2. The maximum absolute atomic E-state index is 12.3. The molecule has 0 atom stereocenters. The first-order chi connectivity index (χ1) is 13.5. The van der Waals surface area contributed by atoms with Crippen molar-refractivity contribution in [1.29, 1.82) is 0 Å². The van der Waals surface area contributed by atoms with Crippen LogP contribution >= 0.6 is 0 Å². The largest absolute Gasteiger partial charge is 0.378 e. The van der Waals surface area contributed by atoms with Gasteiger partial charge in [-0.3, -0.25) is 14.4 Å². The van der Waals surface area contributed by atoms with Crippen LogP contribution in [0.15, 0.2) is 48.5 Å². The van der Waals surface area contributed by atoms with Gasteiger partial charge in [-0.05, 0) is 42.0 Å². The molecular formula is C21H23N3O4. The van der Waals surface area contributed by atoms with Crippen LogP contribution in [0, 0.1) is 0 Å². The fraction of sp³-hybridized carbons (Fsp3) is 0.286. The van der Waals surface area contributed by atoms with Gasteiger partial charge in [0.05, 0.1) is 19.6 Å². The van der Waals surface area contributed by atoms with Crippen molar-refractivity contribution in [2.45, 2.75) is 13.3 Å². The highest BCUT2D eigenvalue weighted by Gasteiger charge is 2.17. The Morgan fingerprint density at radius 3 is 2.07 bits per heavy atom. The van der Waals surface area contributed by atoms with Crippen LogP contribution in [0.1, 0.15) is 22.8 Å². The SMILES string of the molecule is CC(=O)Nc1ccc(C(=O)Nc2ccc(CC(=O)N3CCOCC3)cc2)cc1. The number of ether oxygens (including phenoxy) is 1. The Bertz CT molecular complexity index is 841. The van der Waals surface area contributed by atoms with Gasteiger partial charge < -0.3 is 20.3 Å². The van der Waals surface area contributed by atoms with E-state index in [4.69, 9.17) is 4.74 Å². The van der Waals surface area contributed by atoms with E-state index >= 15 is 0 Å². The molecule has 7 nitrogen and oxygen atoms in total. The first-order valence-corrected chi connectivity index (χ1v) is 9.15. The summed E-state index contributed by atoms with van der Waals surface area (Å²) < 4.78 is 5.26. The summed E-state index contributed by atoms with van der Waals surface area (Å²) in [6, 6.07) is 13.9. The second kappa shape index (κ2) is 9.14. The van der Waals surface area contributed by atoms with Gasteiger partial charge in [-0.15, -0.1) is 0 Å². The lowest BCUT2D eigenvalue weighted by Crippen LogP contribution is -2.41. The lowest BCUT2D eigenvalue weighted by molar-refractivity contribution is -0.134. The van der Waals surface area contributed by atoms with Crippen LogP contribution in [-0.4, -0.2) is 48.9 Å². The standard InChI is InChI=1S/C21H23N3O4/c1-15(25)22-18-8-4-17(5-9-18)21(27)23-19-6-2-16(3-7-19)14-20(26)24-10-12-28-13-11-24/h2-9H,10-14H2,1H3,(H,22,25)(H,23,27). The Balaban J connectivity index is 1.55. The molecule has 1 aliphatic rings. The molecule has 0 radical (unpaired) electrons. The number of carbonyl (C=O) groups is 3. The van der Waals surface area contributed by atoms with E-state index in [9.17, 15) is 14.4 Å². The summed E-state index contributed by atoms with van der Waals surface area (Å²) in [6.45, 7) is 3.87. The second-order valence-electron chi connectivity index (χ2n) is 6.58. The molecule has 146 valence electrons. The molecule has 0 aliphatic carbocycles. The maximum atomic E-state index is 12.3. The van der Waals surface area contributed by atoms with E-state index in [2.05, 4.69) is 10.6 Å². The minimum Gasteiger partial charge on any atom is -0.378 e. The molecule has 0 spiro atoms. The number of nitrogens with zero attached hydrogens (tertiary/aromatic N) is 1. The summed E-state index contributed by atoms with van der Waals surface area (Å²) >= 11 is 0. The zero-order chi connectivity index (χ0) is 19.9. The first-order valence-electron chi connectivity index (χ1n) is 9.15. The van der Waals surface area contributed by atoms with E-state index in [0.29, 0.717) is 49.7 Å². The third-order valence-electron chi connectivity index (χ3n) is 4.40. The Morgan fingerprint density at radius 2 is 1.46 bits per heavy atom. The van der Waals surface area contributed by atoms with Gasteiger partial charge in [0.1, 0.15) is 0 Å². The summed E-state index contributed by atoms with van der Waals surface area (Å²) in [6.07, 6.45) is 0.332. The molecule has 0 bridgehead atoms. The van der Waals surface area contributed by atoms with Crippen LogP contribution in [0.5, 0.6) is 0 Å². The van der Waals surface area contributed by atoms with Gasteiger partial charge in [-0.25, -0.2) is 0 Å². The number of rotatable bonds is 5. The average Bonchev–Trinajstić information content (AvgIpc) is 2.70. The summed E-state index contributed by atoms with van der Waals surface area (Å²) in [7, 11) is 0. The zero-order valence-electron chi connectivity index (χ0n) is 15.7. The molecule has 3 rings (SSSR count). The van der Waals surface area contributed by atoms with Crippen molar-refractivity contribution in [2.24, 2.45) is 0 Å². The Morgan fingerprint density at radius 1 is 0.893 bits per heavy atom. The molecule has 2 aromatic rings. The molecule has 2 N–H and O–H groups in total. The molecule has 2 aromatic carbocycles. The topological polar surface area (TPSA) is 87.7 Å². The van der Waals surface area contributed by atoms with Crippen molar-refractivity contribution in [3.05, 3.63) is 59.7 Å². The van der Waals surface area contributed by atoms with Gasteiger partial charge in [-0.1, -0.05) is 12.1 Å². The van der Waals surface area contributed by atoms with E-state index in [0.717, 1.165) is 5.56 Å². The Hall–Kier alpha value is -3.19. The Kier molecular flexibility index (Phi) is 6.39. The number of anilines is 2. The predicted molar refractivity (Wildman–Crippen MR) is 106 cm³/mol. The number of amides is 3. The van der Waals surface area contributed by atoms with Crippen LogP contribution in [0.25, 0.3) is 0 Å². The number of morpholine rings is 1. The maximum Gasteiger partial charge on any atom is 0.255 e. The lowest BCUT2D eigenvalue weighted by Gasteiger charge is -2.26. The molecule has 0 unspecified atom stereocenters. The summed E-state index contributed by atoms with van der Waals surface area (Å²) in [4.78, 5) is 37.5. The van der Waals surface area contributed by atoms with Crippen molar-refractivity contribution in [3.63, 3.8) is 0 Å². The van der Waals surface area contributed by atoms with E-state index in [1.165, 1.54) is 6.92 Å². The van der Waals surface area contributed by atoms with Crippen molar-refractivity contribution in [3.8, 4) is 0 Å². The summed E-state index contributed by atoms with van der Waals surface area (Å²) in [5.74, 6) is -0.324. The highest BCUT2D eigenvalue weighted by Crippen LogP contribution is 2.15. The number of hydrogen-bond donors (Lipinski definition) is 2. The van der Waals surface area contributed by atoms with Gasteiger partial charge in [0.15, 0.2) is 0 Å². The fourth-order valence-electron chi connectivity index (χ4n) is 2.92. The fourth-order valence-corrected chi connectivity index (χ4v) is 2.92. The molecule has 1 saturated heterocycles. The molecule has 28 heavy (non-hydrogen) atoms. The molecule has 0 aromatic heterocycles. The third kappa shape index (κ3) is 5.40. The average molecular weight is 381 g/mol. The molecular weight excluding hydrogens is 358 g/mol. The van der Waals surface area contributed by atoms with Crippen LogP contribution in [0.3, 0.4) is 0 Å². The van der Waals surface area contributed by atoms with Crippen molar-refractivity contribution in [2.75, 3.05) is 36.9 Å². The summed E-state index contributed by atoms with van der Waals surface area (Å²) in [5, 5.41) is 5.48. The van der Waals surface area contributed by atoms with Crippen LogP contribution < -0.4 is 10.6 Å². The van der Waals surface area contributed by atoms with Crippen molar-refractivity contribution in [1.82, 2.24) is 4.90 Å². The molecule has 1 aliphatic heterocycles. The van der Waals surface area contributed by atoms with Crippen LogP contribution in [0.4, 0.5) is 11.4 Å². The lowest BCUT2D eigenvalue weighted by atomic mass is 10.1. The molecule has 1 fully saturated rings. The highest BCUT2D eigenvalue weighted by molar-refractivity contribution is 6.04. The smallest absolute Gasteiger partial charge is 0.255 e. The number of carbonyl (C=O) groups excluding carboxylic acids is 3. The van der Waals surface area contributed by atoms with Crippen LogP contribution in [0.2, 0.25) is 0 Å². The van der Waals surface area contributed by atoms with Gasteiger partial charge >= 0.3 is 0 Å². The number of nitrogens with one attached hydrogen (secondary N) is 2. The second-order valence-corrected chi connectivity index (χ2v) is 6.58.